The van der Waals surface area contributed by atoms with Crippen LogP contribution >= 0.6 is 0 Å². The molecule has 0 saturated heterocycles. The van der Waals surface area contributed by atoms with Crippen LogP contribution in [0.5, 0.6) is 0 Å². The van der Waals surface area contributed by atoms with Gasteiger partial charge in [-0.25, -0.2) is 13.4 Å². The highest BCUT2D eigenvalue weighted by Gasteiger charge is 2.17. The number of nitrogens with one attached hydrogen (secondary N) is 2. The second-order valence-electron chi connectivity index (χ2n) is 5.98. The molecule has 0 fully saturated rings. The monoisotopic (exact) mass is 368 g/mol. The maximum Gasteiger partial charge on any atom is 0.263 e. The van der Waals surface area contributed by atoms with E-state index in [1.165, 1.54) is 0 Å². The molecule has 3 rings (SSSR count). The van der Waals surface area contributed by atoms with Gasteiger partial charge < -0.3 is 5.32 Å². The number of pyridine rings is 2. The van der Waals surface area contributed by atoms with Crippen molar-refractivity contribution in [1.82, 2.24) is 9.97 Å². The standard InChI is InChI=1S/C19H20N4O2S/c1-14-6-7-15(2)18(11-14)26(24,25)23-19-9-8-17(13-22-19)21-12-16-5-3-4-10-20-16/h3-11,13,21H,12H2,1-2H3,(H,22,23). The van der Waals surface area contributed by atoms with Crippen LogP contribution in [0.15, 0.2) is 65.8 Å². The number of hydrogen-bond donors (Lipinski definition) is 2. The predicted octanol–water partition coefficient (Wildman–Crippen LogP) is 3.51. The number of nitrogens with zero attached hydrogens (tertiary/aromatic N) is 2. The molecule has 0 aliphatic carbocycles. The van der Waals surface area contributed by atoms with Gasteiger partial charge in [-0.15, -0.1) is 0 Å². The van der Waals surface area contributed by atoms with Gasteiger partial charge in [0.1, 0.15) is 5.82 Å². The molecule has 2 aromatic heterocycles. The quantitative estimate of drug-likeness (QED) is 0.696. The summed E-state index contributed by atoms with van der Waals surface area (Å²) in [6, 6.07) is 14.4. The number of hydrogen-bond acceptors (Lipinski definition) is 5. The molecule has 2 N–H and O–H groups in total. The molecule has 3 aromatic rings. The first-order valence-corrected chi connectivity index (χ1v) is 9.62. The van der Waals surface area contributed by atoms with Crippen molar-refractivity contribution >= 4 is 21.5 Å². The second-order valence-corrected chi connectivity index (χ2v) is 7.63. The summed E-state index contributed by atoms with van der Waals surface area (Å²) in [6.07, 6.45) is 3.32. The van der Waals surface area contributed by atoms with E-state index in [0.717, 1.165) is 16.9 Å². The van der Waals surface area contributed by atoms with Crippen LogP contribution in [0.25, 0.3) is 0 Å². The number of sulfonamides is 1. The SMILES string of the molecule is Cc1ccc(C)c(S(=O)(=O)Nc2ccc(NCc3ccccn3)cn2)c1. The molecule has 0 aliphatic heterocycles. The van der Waals surface area contributed by atoms with Gasteiger partial charge in [-0.2, -0.15) is 0 Å². The first-order valence-electron chi connectivity index (χ1n) is 8.14. The number of anilines is 2. The molecule has 6 nitrogen and oxygen atoms in total. The zero-order valence-corrected chi connectivity index (χ0v) is 15.4. The fourth-order valence-electron chi connectivity index (χ4n) is 2.44. The molecular formula is C19H20N4O2S. The lowest BCUT2D eigenvalue weighted by Crippen LogP contribution is -2.15. The van der Waals surface area contributed by atoms with Gasteiger partial charge in [-0.3, -0.25) is 9.71 Å². The summed E-state index contributed by atoms with van der Waals surface area (Å²) in [4.78, 5) is 8.68. The topological polar surface area (TPSA) is 84.0 Å². The van der Waals surface area contributed by atoms with Gasteiger partial charge in [0.05, 0.1) is 29.0 Å². The van der Waals surface area contributed by atoms with Crippen molar-refractivity contribution in [1.29, 1.82) is 0 Å². The largest absolute Gasteiger partial charge is 0.378 e. The maximum absolute atomic E-state index is 12.6. The fraction of sp³-hybridized carbons (Fsp3) is 0.158. The summed E-state index contributed by atoms with van der Waals surface area (Å²) >= 11 is 0. The zero-order chi connectivity index (χ0) is 18.6. The number of aromatic nitrogens is 2. The van der Waals surface area contributed by atoms with E-state index in [9.17, 15) is 8.42 Å². The highest BCUT2D eigenvalue weighted by Crippen LogP contribution is 2.20. The van der Waals surface area contributed by atoms with E-state index >= 15 is 0 Å². The van der Waals surface area contributed by atoms with Gasteiger partial charge in [-0.1, -0.05) is 18.2 Å². The lowest BCUT2D eigenvalue weighted by Gasteiger charge is -2.11. The van der Waals surface area contributed by atoms with E-state index in [2.05, 4.69) is 20.0 Å². The molecule has 0 atom stereocenters. The Balaban J connectivity index is 1.69. The molecule has 0 spiro atoms. The van der Waals surface area contributed by atoms with Gasteiger partial charge in [0, 0.05) is 6.20 Å². The van der Waals surface area contributed by atoms with Crippen molar-refractivity contribution < 1.29 is 8.42 Å². The number of aryl methyl sites for hydroxylation is 2. The Labute approximate surface area is 153 Å². The minimum atomic E-state index is -3.68. The van der Waals surface area contributed by atoms with Crippen LogP contribution in [0.2, 0.25) is 0 Å². The highest BCUT2D eigenvalue weighted by molar-refractivity contribution is 7.92. The van der Waals surface area contributed by atoms with E-state index in [-0.39, 0.29) is 10.7 Å². The van der Waals surface area contributed by atoms with E-state index in [4.69, 9.17) is 0 Å². The molecule has 2 heterocycles. The Bertz CT molecular complexity index is 988. The van der Waals surface area contributed by atoms with Gasteiger partial charge in [-0.05, 0) is 55.3 Å². The van der Waals surface area contributed by atoms with Crippen molar-refractivity contribution in [2.24, 2.45) is 0 Å². The average Bonchev–Trinajstić information content (AvgIpc) is 2.64. The molecule has 0 aliphatic rings. The molecule has 0 amide bonds. The van der Waals surface area contributed by atoms with Crippen LogP contribution in [0, 0.1) is 13.8 Å². The minimum Gasteiger partial charge on any atom is -0.378 e. The van der Waals surface area contributed by atoms with E-state index in [1.807, 2.05) is 31.2 Å². The van der Waals surface area contributed by atoms with Gasteiger partial charge >= 0.3 is 0 Å². The molecule has 134 valence electrons. The average molecular weight is 368 g/mol. The van der Waals surface area contributed by atoms with Crippen molar-refractivity contribution in [2.75, 3.05) is 10.0 Å². The first kappa shape index (κ1) is 17.9. The minimum absolute atomic E-state index is 0.261. The van der Waals surface area contributed by atoms with Crippen LogP contribution in [0.4, 0.5) is 11.5 Å². The Morgan fingerprint density at radius 3 is 2.54 bits per heavy atom. The third-order valence-corrected chi connectivity index (χ3v) is 5.33. The lowest BCUT2D eigenvalue weighted by molar-refractivity contribution is 0.600. The van der Waals surface area contributed by atoms with Crippen LogP contribution in [0.3, 0.4) is 0 Å². The zero-order valence-electron chi connectivity index (χ0n) is 14.6. The van der Waals surface area contributed by atoms with Gasteiger partial charge in [0.15, 0.2) is 0 Å². The van der Waals surface area contributed by atoms with Crippen LogP contribution < -0.4 is 10.0 Å². The Kier molecular flexibility index (Phi) is 5.18. The molecule has 0 radical (unpaired) electrons. The Morgan fingerprint density at radius 1 is 1.00 bits per heavy atom. The Morgan fingerprint density at radius 2 is 1.85 bits per heavy atom. The smallest absolute Gasteiger partial charge is 0.263 e. The van der Waals surface area contributed by atoms with Crippen molar-refractivity contribution in [3.05, 3.63) is 77.7 Å². The fourth-order valence-corrected chi connectivity index (χ4v) is 3.78. The summed E-state index contributed by atoms with van der Waals surface area (Å²) < 4.78 is 27.7. The summed E-state index contributed by atoms with van der Waals surface area (Å²) in [7, 11) is -3.68. The summed E-state index contributed by atoms with van der Waals surface area (Å²) in [5, 5.41) is 3.20. The summed E-state index contributed by atoms with van der Waals surface area (Å²) in [5.74, 6) is 0.272. The molecule has 0 bridgehead atoms. The summed E-state index contributed by atoms with van der Waals surface area (Å²) in [5.41, 5.74) is 3.27. The number of benzene rings is 1. The molecule has 0 saturated carbocycles. The van der Waals surface area contributed by atoms with Crippen LogP contribution in [0.1, 0.15) is 16.8 Å². The van der Waals surface area contributed by atoms with Crippen LogP contribution in [-0.2, 0) is 16.6 Å². The van der Waals surface area contributed by atoms with Crippen molar-refractivity contribution in [2.45, 2.75) is 25.3 Å². The third-order valence-electron chi connectivity index (χ3n) is 3.84. The maximum atomic E-state index is 12.6. The third kappa shape index (κ3) is 4.37. The van der Waals surface area contributed by atoms with Crippen molar-refractivity contribution in [3.8, 4) is 0 Å². The van der Waals surface area contributed by atoms with E-state index in [1.54, 1.807) is 43.6 Å². The van der Waals surface area contributed by atoms with Gasteiger partial charge in [0.2, 0.25) is 0 Å². The van der Waals surface area contributed by atoms with E-state index in [0.29, 0.717) is 12.1 Å². The molecule has 0 unspecified atom stereocenters. The molecular weight excluding hydrogens is 348 g/mol. The predicted molar refractivity (Wildman–Crippen MR) is 103 cm³/mol. The molecule has 1 aromatic carbocycles. The molecule has 7 heteroatoms. The highest BCUT2D eigenvalue weighted by atomic mass is 32.2. The molecule has 26 heavy (non-hydrogen) atoms. The Hall–Kier alpha value is -2.93. The first-order chi connectivity index (χ1) is 12.4. The van der Waals surface area contributed by atoms with E-state index < -0.39 is 10.0 Å². The van der Waals surface area contributed by atoms with Crippen molar-refractivity contribution in [3.63, 3.8) is 0 Å². The lowest BCUT2D eigenvalue weighted by atomic mass is 10.2. The number of rotatable bonds is 6. The summed E-state index contributed by atoms with van der Waals surface area (Å²) in [6.45, 7) is 4.20. The van der Waals surface area contributed by atoms with Gasteiger partial charge in [0.25, 0.3) is 10.0 Å². The normalized spacial score (nSPS) is 11.2. The second kappa shape index (κ2) is 7.53. The van der Waals surface area contributed by atoms with Crippen LogP contribution in [-0.4, -0.2) is 18.4 Å².